The van der Waals surface area contributed by atoms with Crippen molar-refractivity contribution in [3.05, 3.63) is 59.9 Å². The Bertz CT molecular complexity index is 1040. The minimum absolute atomic E-state index is 0.0388. The topological polar surface area (TPSA) is 69.0 Å². The maximum absolute atomic E-state index is 14.4. The molecule has 3 rings (SSSR count). The average Bonchev–Trinajstić information content (AvgIpc) is 3.13. The Morgan fingerprint density at radius 1 is 1.13 bits per heavy atom. The van der Waals surface area contributed by atoms with Gasteiger partial charge < -0.3 is 10.1 Å². The van der Waals surface area contributed by atoms with E-state index in [1.807, 2.05) is 31.2 Å². The molecule has 0 aliphatic rings. The molecule has 1 N–H and O–H groups in total. The molecule has 164 valence electrons. The number of aryl methyl sites for hydroxylation is 1. The van der Waals surface area contributed by atoms with E-state index in [-0.39, 0.29) is 17.9 Å². The quantitative estimate of drug-likeness (QED) is 0.317. The first kappa shape index (κ1) is 22.6. The number of rotatable bonds is 7. The molecular weight excluding hydrogens is 436 g/mol. The van der Waals surface area contributed by atoms with Crippen LogP contribution in [0.2, 0.25) is 0 Å². The largest absolute Gasteiger partial charge is 0.440 e. The van der Waals surface area contributed by atoms with Gasteiger partial charge in [-0.15, -0.1) is 10.2 Å². The Morgan fingerprint density at radius 3 is 2.52 bits per heavy atom. The number of nitrogens with zero attached hydrogens (tertiary/aromatic N) is 3. The molecule has 31 heavy (non-hydrogen) atoms. The van der Waals surface area contributed by atoms with E-state index in [0.29, 0.717) is 16.7 Å². The fraction of sp³-hybridized carbons (Fsp3) is 0.250. The summed E-state index contributed by atoms with van der Waals surface area (Å²) in [5.74, 6) is 0.137. The predicted octanol–water partition coefficient (Wildman–Crippen LogP) is 4.76. The summed E-state index contributed by atoms with van der Waals surface area (Å²) in [6.45, 7) is 0.323. The summed E-state index contributed by atoms with van der Waals surface area (Å²) in [7, 11) is 0. The van der Waals surface area contributed by atoms with Crippen LogP contribution in [0.4, 0.5) is 22.4 Å². The summed E-state index contributed by atoms with van der Waals surface area (Å²) in [5, 5.41) is 10.9. The van der Waals surface area contributed by atoms with Crippen LogP contribution >= 0.6 is 11.8 Å². The summed E-state index contributed by atoms with van der Waals surface area (Å²) < 4.78 is 56.4. The van der Waals surface area contributed by atoms with E-state index in [1.54, 1.807) is 22.8 Å². The monoisotopic (exact) mass is 454 g/mol. The zero-order valence-electron chi connectivity index (χ0n) is 16.3. The van der Waals surface area contributed by atoms with Gasteiger partial charge in [0, 0.05) is 18.0 Å². The van der Waals surface area contributed by atoms with Crippen LogP contribution < -0.4 is 5.32 Å². The Hall–Kier alpha value is -3.08. The fourth-order valence-electron chi connectivity index (χ4n) is 2.60. The zero-order valence-corrected chi connectivity index (χ0v) is 17.1. The molecule has 1 heterocycles. The molecule has 0 aliphatic heterocycles. The van der Waals surface area contributed by atoms with E-state index in [0.717, 1.165) is 5.56 Å². The summed E-state index contributed by atoms with van der Waals surface area (Å²) in [6.07, 6.45) is -5.75. The molecule has 0 aliphatic carbocycles. The van der Waals surface area contributed by atoms with Gasteiger partial charge in [0.2, 0.25) is 0 Å². The smallest absolute Gasteiger partial charge is 0.422 e. The third-order valence-corrected chi connectivity index (χ3v) is 4.94. The van der Waals surface area contributed by atoms with Gasteiger partial charge in [-0.2, -0.15) is 13.2 Å². The lowest BCUT2D eigenvalue weighted by Crippen LogP contribution is -2.30. The highest BCUT2D eigenvalue weighted by Crippen LogP contribution is 2.29. The van der Waals surface area contributed by atoms with E-state index >= 15 is 0 Å². The Kier molecular flexibility index (Phi) is 7.16. The number of carbonyl (C=O) groups excluding carboxylic acids is 1. The number of aromatic nitrogens is 3. The maximum Gasteiger partial charge on any atom is 0.422 e. The number of ether oxygens (including phenoxy) is 1. The number of hydrogen-bond donors (Lipinski definition) is 1. The second kappa shape index (κ2) is 9.82. The van der Waals surface area contributed by atoms with Gasteiger partial charge >= 0.3 is 12.3 Å². The standard InChI is InChI=1S/C20H18F4N4O2S/c1-13-6-8-14(9-7-13)28-17(15-4-2-3-5-16(15)21)26-27-18(28)31-11-10-25-19(29)30-12-20(22,23)24/h2-9H,10-12H2,1H3,(H,25,29). The third kappa shape index (κ3) is 6.20. The highest BCUT2D eigenvalue weighted by atomic mass is 32.2. The van der Waals surface area contributed by atoms with Gasteiger partial charge in [-0.05, 0) is 31.2 Å². The van der Waals surface area contributed by atoms with Crippen molar-refractivity contribution < 1.29 is 27.1 Å². The molecular formula is C20H18F4N4O2S. The second-order valence-electron chi connectivity index (χ2n) is 6.42. The summed E-state index contributed by atoms with van der Waals surface area (Å²) in [6, 6.07) is 13.7. The minimum atomic E-state index is -4.58. The Balaban J connectivity index is 1.74. The van der Waals surface area contributed by atoms with E-state index in [9.17, 15) is 22.4 Å². The molecule has 0 spiro atoms. The molecule has 0 radical (unpaired) electrons. The second-order valence-corrected chi connectivity index (χ2v) is 7.49. The van der Waals surface area contributed by atoms with Crippen molar-refractivity contribution >= 4 is 17.9 Å². The van der Waals surface area contributed by atoms with Crippen molar-refractivity contribution in [3.63, 3.8) is 0 Å². The first-order valence-electron chi connectivity index (χ1n) is 9.12. The number of hydrogen-bond acceptors (Lipinski definition) is 5. The molecule has 0 atom stereocenters. The molecule has 2 aromatic carbocycles. The van der Waals surface area contributed by atoms with Crippen molar-refractivity contribution in [2.24, 2.45) is 0 Å². The third-order valence-electron chi connectivity index (χ3n) is 4.01. The molecule has 6 nitrogen and oxygen atoms in total. The SMILES string of the molecule is Cc1ccc(-n2c(SCCNC(=O)OCC(F)(F)F)nnc2-c2ccccc2F)cc1. The van der Waals surface area contributed by atoms with Crippen molar-refractivity contribution in [2.75, 3.05) is 18.9 Å². The van der Waals surface area contributed by atoms with E-state index in [1.165, 1.54) is 17.8 Å². The van der Waals surface area contributed by atoms with Gasteiger partial charge in [-0.3, -0.25) is 4.57 Å². The van der Waals surface area contributed by atoms with Crippen molar-refractivity contribution in [1.82, 2.24) is 20.1 Å². The van der Waals surface area contributed by atoms with Gasteiger partial charge in [0.25, 0.3) is 0 Å². The number of amides is 1. The predicted molar refractivity (Wildman–Crippen MR) is 108 cm³/mol. The van der Waals surface area contributed by atoms with Gasteiger partial charge in [-0.1, -0.05) is 41.6 Å². The Morgan fingerprint density at radius 2 is 1.84 bits per heavy atom. The number of carbonyl (C=O) groups is 1. The van der Waals surface area contributed by atoms with Crippen LogP contribution in [-0.4, -0.2) is 45.9 Å². The fourth-order valence-corrected chi connectivity index (χ4v) is 3.41. The van der Waals surface area contributed by atoms with E-state index in [4.69, 9.17) is 0 Å². The first-order chi connectivity index (χ1) is 14.7. The molecule has 11 heteroatoms. The number of alkyl halides is 3. The van der Waals surface area contributed by atoms with Crippen LogP contribution in [-0.2, 0) is 4.74 Å². The number of halogens is 4. The van der Waals surface area contributed by atoms with Gasteiger partial charge in [0.1, 0.15) is 5.82 Å². The first-order valence-corrected chi connectivity index (χ1v) is 10.1. The van der Waals surface area contributed by atoms with Crippen molar-refractivity contribution in [1.29, 1.82) is 0 Å². The van der Waals surface area contributed by atoms with Crippen LogP contribution in [0, 0.1) is 12.7 Å². The lowest BCUT2D eigenvalue weighted by atomic mass is 10.2. The highest BCUT2D eigenvalue weighted by Gasteiger charge is 2.29. The molecule has 0 saturated heterocycles. The molecule has 0 bridgehead atoms. The summed E-state index contributed by atoms with van der Waals surface area (Å²) in [4.78, 5) is 11.3. The molecule has 1 aromatic heterocycles. The molecule has 1 amide bonds. The lowest BCUT2D eigenvalue weighted by molar-refractivity contribution is -0.160. The van der Waals surface area contributed by atoms with Crippen LogP contribution in [0.15, 0.2) is 53.7 Å². The van der Waals surface area contributed by atoms with Crippen LogP contribution in [0.25, 0.3) is 17.1 Å². The summed E-state index contributed by atoms with van der Waals surface area (Å²) in [5.41, 5.74) is 2.03. The number of benzene rings is 2. The minimum Gasteiger partial charge on any atom is -0.440 e. The number of thioether (sulfide) groups is 1. The molecule has 0 unspecified atom stereocenters. The zero-order chi connectivity index (χ0) is 22.4. The lowest BCUT2D eigenvalue weighted by Gasteiger charge is -2.12. The molecule has 0 fully saturated rings. The van der Waals surface area contributed by atoms with Crippen LogP contribution in [0.3, 0.4) is 0 Å². The van der Waals surface area contributed by atoms with Crippen LogP contribution in [0.1, 0.15) is 5.56 Å². The van der Waals surface area contributed by atoms with E-state index in [2.05, 4.69) is 20.3 Å². The van der Waals surface area contributed by atoms with Crippen molar-refractivity contribution in [3.8, 4) is 17.1 Å². The molecule has 0 saturated carbocycles. The van der Waals surface area contributed by atoms with Crippen molar-refractivity contribution in [2.45, 2.75) is 18.3 Å². The maximum atomic E-state index is 14.4. The van der Waals surface area contributed by atoms with Gasteiger partial charge in [0.05, 0.1) is 5.56 Å². The normalized spacial score (nSPS) is 11.4. The van der Waals surface area contributed by atoms with E-state index < -0.39 is 24.7 Å². The molecule has 3 aromatic rings. The number of nitrogens with one attached hydrogen (secondary N) is 1. The Labute approximate surface area is 179 Å². The summed E-state index contributed by atoms with van der Waals surface area (Å²) >= 11 is 1.21. The van der Waals surface area contributed by atoms with Gasteiger partial charge in [0.15, 0.2) is 17.6 Å². The average molecular weight is 454 g/mol. The highest BCUT2D eigenvalue weighted by molar-refractivity contribution is 7.99. The van der Waals surface area contributed by atoms with Gasteiger partial charge in [-0.25, -0.2) is 9.18 Å². The number of alkyl carbamates (subject to hydrolysis) is 1. The van der Waals surface area contributed by atoms with Crippen LogP contribution in [0.5, 0.6) is 0 Å².